The summed E-state index contributed by atoms with van der Waals surface area (Å²) >= 11 is 0. The van der Waals surface area contributed by atoms with E-state index in [0.717, 1.165) is 5.56 Å². The SMILES string of the molecule is CCC.CCOC(=O)c1cn(CC(=O)OC(C)(C)C)c2ccc(C)cc2c1=O. The number of esters is 2. The topological polar surface area (TPSA) is 74.6 Å². The van der Waals surface area contributed by atoms with E-state index in [-0.39, 0.29) is 18.7 Å². The van der Waals surface area contributed by atoms with Crippen molar-refractivity contribution in [2.45, 2.75) is 67.0 Å². The van der Waals surface area contributed by atoms with E-state index in [1.807, 2.05) is 13.0 Å². The van der Waals surface area contributed by atoms with Crippen LogP contribution in [0.25, 0.3) is 10.9 Å². The first-order valence-corrected chi connectivity index (χ1v) is 9.56. The first-order valence-electron chi connectivity index (χ1n) is 9.56. The van der Waals surface area contributed by atoms with Crippen molar-refractivity contribution in [3.63, 3.8) is 0 Å². The molecule has 28 heavy (non-hydrogen) atoms. The van der Waals surface area contributed by atoms with Crippen LogP contribution in [0.1, 0.15) is 63.9 Å². The smallest absolute Gasteiger partial charge is 0.343 e. The van der Waals surface area contributed by atoms with Crippen LogP contribution in [0.2, 0.25) is 0 Å². The average Bonchev–Trinajstić information content (AvgIpc) is 2.56. The molecule has 6 heteroatoms. The van der Waals surface area contributed by atoms with Gasteiger partial charge in [-0.05, 0) is 46.8 Å². The van der Waals surface area contributed by atoms with Gasteiger partial charge in [0.2, 0.25) is 5.43 Å². The highest BCUT2D eigenvalue weighted by atomic mass is 16.6. The van der Waals surface area contributed by atoms with E-state index in [9.17, 15) is 14.4 Å². The molecule has 0 N–H and O–H groups in total. The van der Waals surface area contributed by atoms with Gasteiger partial charge in [0, 0.05) is 11.6 Å². The fourth-order valence-corrected chi connectivity index (χ4v) is 2.51. The molecular formula is C22H31NO5. The monoisotopic (exact) mass is 389 g/mol. The van der Waals surface area contributed by atoms with E-state index in [1.54, 1.807) is 44.4 Å². The highest BCUT2D eigenvalue weighted by Gasteiger charge is 2.20. The Morgan fingerprint density at radius 1 is 1.11 bits per heavy atom. The molecule has 0 unspecified atom stereocenters. The highest BCUT2D eigenvalue weighted by molar-refractivity contribution is 5.94. The zero-order valence-electron chi connectivity index (χ0n) is 17.9. The van der Waals surface area contributed by atoms with E-state index in [4.69, 9.17) is 9.47 Å². The molecule has 0 spiro atoms. The normalized spacial score (nSPS) is 10.8. The number of ether oxygens (including phenoxy) is 2. The summed E-state index contributed by atoms with van der Waals surface area (Å²) in [5.74, 6) is -1.15. The Morgan fingerprint density at radius 3 is 2.25 bits per heavy atom. The zero-order chi connectivity index (χ0) is 21.5. The molecule has 154 valence electrons. The predicted molar refractivity (Wildman–Crippen MR) is 111 cm³/mol. The maximum Gasteiger partial charge on any atom is 0.343 e. The number of hydrogen-bond donors (Lipinski definition) is 0. The number of carbonyl (C=O) groups is 2. The summed E-state index contributed by atoms with van der Waals surface area (Å²) in [7, 11) is 0. The number of benzene rings is 1. The second kappa shape index (κ2) is 10.1. The van der Waals surface area contributed by atoms with Crippen molar-refractivity contribution >= 4 is 22.8 Å². The summed E-state index contributed by atoms with van der Waals surface area (Å²) in [6.07, 6.45) is 2.61. The molecule has 0 atom stereocenters. The lowest BCUT2D eigenvalue weighted by Crippen LogP contribution is -2.28. The summed E-state index contributed by atoms with van der Waals surface area (Å²) in [4.78, 5) is 36.9. The molecule has 0 aliphatic rings. The van der Waals surface area contributed by atoms with Crippen LogP contribution >= 0.6 is 0 Å². The number of aromatic nitrogens is 1. The maximum absolute atomic E-state index is 12.6. The average molecular weight is 389 g/mol. The number of hydrogen-bond acceptors (Lipinski definition) is 5. The molecule has 6 nitrogen and oxygen atoms in total. The molecule has 0 aliphatic heterocycles. The number of rotatable bonds is 4. The molecule has 0 fully saturated rings. The van der Waals surface area contributed by atoms with Crippen molar-refractivity contribution in [3.05, 3.63) is 45.7 Å². The van der Waals surface area contributed by atoms with Crippen molar-refractivity contribution in [2.75, 3.05) is 6.61 Å². The van der Waals surface area contributed by atoms with Crippen molar-refractivity contribution in [1.29, 1.82) is 0 Å². The lowest BCUT2D eigenvalue weighted by molar-refractivity contribution is -0.155. The van der Waals surface area contributed by atoms with Gasteiger partial charge in [-0.25, -0.2) is 4.79 Å². The third-order valence-corrected chi connectivity index (χ3v) is 3.45. The second-order valence-electron chi connectivity index (χ2n) is 7.53. The molecule has 0 aliphatic carbocycles. The highest BCUT2D eigenvalue weighted by Crippen LogP contribution is 2.16. The Morgan fingerprint density at radius 2 is 1.71 bits per heavy atom. The Balaban J connectivity index is 0.00000122. The van der Waals surface area contributed by atoms with Crippen LogP contribution in [-0.4, -0.2) is 28.7 Å². The first-order chi connectivity index (χ1) is 13.0. The van der Waals surface area contributed by atoms with E-state index in [1.165, 1.54) is 12.6 Å². The maximum atomic E-state index is 12.6. The third-order valence-electron chi connectivity index (χ3n) is 3.45. The largest absolute Gasteiger partial charge is 0.462 e. The van der Waals surface area contributed by atoms with Gasteiger partial charge in [0.05, 0.1) is 12.1 Å². The van der Waals surface area contributed by atoms with Crippen LogP contribution < -0.4 is 5.43 Å². The molecule has 0 amide bonds. The van der Waals surface area contributed by atoms with Gasteiger partial charge in [-0.2, -0.15) is 0 Å². The second-order valence-corrected chi connectivity index (χ2v) is 7.53. The third kappa shape index (κ3) is 6.51. The van der Waals surface area contributed by atoms with E-state index in [0.29, 0.717) is 10.9 Å². The summed E-state index contributed by atoms with van der Waals surface area (Å²) in [6.45, 7) is 13.2. The molecule has 0 bridgehead atoms. The van der Waals surface area contributed by atoms with Crippen molar-refractivity contribution < 1.29 is 19.1 Å². The lowest BCUT2D eigenvalue weighted by atomic mass is 10.1. The van der Waals surface area contributed by atoms with E-state index < -0.39 is 23.0 Å². The van der Waals surface area contributed by atoms with Crippen molar-refractivity contribution in [3.8, 4) is 0 Å². The van der Waals surface area contributed by atoms with Crippen LogP contribution in [0.5, 0.6) is 0 Å². The van der Waals surface area contributed by atoms with Gasteiger partial charge in [0.1, 0.15) is 17.7 Å². The van der Waals surface area contributed by atoms with Gasteiger partial charge in [0.15, 0.2) is 0 Å². The molecule has 2 aromatic rings. The van der Waals surface area contributed by atoms with E-state index in [2.05, 4.69) is 13.8 Å². The molecular weight excluding hydrogens is 358 g/mol. The Labute approximate surface area is 166 Å². The summed E-state index contributed by atoms with van der Waals surface area (Å²) in [5.41, 5.74) is 0.331. The molecule has 0 radical (unpaired) electrons. The van der Waals surface area contributed by atoms with Gasteiger partial charge in [-0.3, -0.25) is 9.59 Å². The van der Waals surface area contributed by atoms with Crippen molar-refractivity contribution in [1.82, 2.24) is 4.57 Å². The van der Waals surface area contributed by atoms with Crippen LogP contribution in [0.3, 0.4) is 0 Å². The number of nitrogens with zero attached hydrogens (tertiary/aromatic N) is 1. The quantitative estimate of drug-likeness (QED) is 0.731. The van der Waals surface area contributed by atoms with Crippen LogP contribution in [-0.2, 0) is 20.8 Å². The molecule has 1 heterocycles. The number of carbonyl (C=O) groups excluding carboxylic acids is 2. The molecule has 0 saturated carbocycles. The summed E-state index contributed by atoms with van der Waals surface area (Å²) in [5, 5.41) is 0.370. The van der Waals surface area contributed by atoms with Crippen molar-refractivity contribution in [2.24, 2.45) is 0 Å². The van der Waals surface area contributed by atoms with Crippen LogP contribution in [0, 0.1) is 6.92 Å². The first kappa shape index (κ1) is 23.4. The van der Waals surface area contributed by atoms with Crippen LogP contribution in [0.4, 0.5) is 0 Å². The Bertz CT molecular complexity index is 890. The minimum Gasteiger partial charge on any atom is -0.462 e. The van der Waals surface area contributed by atoms with Gasteiger partial charge in [-0.1, -0.05) is 31.9 Å². The van der Waals surface area contributed by atoms with Gasteiger partial charge in [-0.15, -0.1) is 0 Å². The lowest BCUT2D eigenvalue weighted by Gasteiger charge is -2.20. The number of fused-ring (bicyclic) bond motifs is 1. The molecule has 2 rings (SSSR count). The summed E-state index contributed by atoms with van der Waals surface area (Å²) < 4.78 is 11.9. The fourth-order valence-electron chi connectivity index (χ4n) is 2.51. The number of aryl methyl sites for hydroxylation is 1. The van der Waals surface area contributed by atoms with Gasteiger partial charge < -0.3 is 14.0 Å². The Kier molecular flexibility index (Phi) is 8.41. The van der Waals surface area contributed by atoms with E-state index >= 15 is 0 Å². The molecule has 1 aromatic heterocycles. The zero-order valence-corrected chi connectivity index (χ0v) is 17.9. The van der Waals surface area contributed by atoms with Crippen LogP contribution in [0.15, 0.2) is 29.2 Å². The van der Waals surface area contributed by atoms with Gasteiger partial charge in [0.25, 0.3) is 0 Å². The molecule has 1 aromatic carbocycles. The summed E-state index contributed by atoms with van der Waals surface area (Å²) in [6, 6.07) is 5.30. The minimum absolute atomic E-state index is 0.0940. The standard InChI is InChI=1S/C19H23NO5.C3H8/c1-6-24-18(23)14-10-20(11-16(21)25-19(3,4)5)15-8-7-12(2)9-13(15)17(14)22;1-3-2/h7-10H,6,11H2,1-5H3;3H2,1-2H3. The fraction of sp³-hybridized carbons (Fsp3) is 0.500. The number of pyridine rings is 1. The minimum atomic E-state index is -0.700. The predicted octanol–water partition coefficient (Wildman–Crippen LogP) is 4.24. The van der Waals surface area contributed by atoms with Gasteiger partial charge >= 0.3 is 11.9 Å². The Hall–Kier alpha value is -2.63. The molecule has 0 saturated heterocycles.